The molecule has 0 aliphatic heterocycles. The van der Waals surface area contributed by atoms with E-state index >= 15 is 0 Å². The van der Waals surface area contributed by atoms with Gasteiger partial charge < -0.3 is 9.97 Å². The van der Waals surface area contributed by atoms with Gasteiger partial charge in [0.25, 0.3) is 0 Å². The molecule has 1 aromatic rings. The van der Waals surface area contributed by atoms with Crippen LogP contribution in [0.2, 0.25) is 0 Å². The Morgan fingerprint density at radius 1 is 1.33 bits per heavy atom. The molecule has 6 heavy (non-hydrogen) atoms. The SMILES string of the molecule is [c-]1cnccn1. The number of hydrogen-bond acceptors (Lipinski definition) is 2. The van der Waals surface area contributed by atoms with E-state index in [1.165, 1.54) is 6.20 Å². The highest BCUT2D eigenvalue weighted by Gasteiger charge is 1.47. The van der Waals surface area contributed by atoms with Gasteiger partial charge in [0.15, 0.2) is 0 Å². The van der Waals surface area contributed by atoms with Gasteiger partial charge in [0.2, 0.25) is 0 Å². The monoisotopic (exact) mass is 79.0 g/mol. The summed E-state index contributed by atoms with van der Waals surface area (Å²) in [6.07, 6.45) is 7.24. The van der Waals surface area contributed by atoms with Gasteiger partial charge in [-0.25, -0.2) is 0 Å². The van der Waals surface area contributed by atoms with Crippen molar-refractivity contribution in [2.45, 2.75) is 0 Å². The van der Waals surface area contributed by atoms with Gasteiger partial charge >= 0.3 is 0 Å². The number of nitrogens with zero attached hydrogens (tertiary/aromatic N) is 2. The van der Waals surface area contributed by atoms with Gasteiger partial charge in [-0.2, -0.15) is 0 Å². The highest BCUT2D eigenvalue weighted by Crippen LogP contribution is 1.64. The summed E-state index contributed by atoms with van der Waals surface area (Å²) in [6.45, 7) is 0. The van der Waals surface area contributed by atoms with Crippen molar-refractivity contribution in [2.24, 2.45) is 0 Å². The molecule has 0 N–H and O–H groups in total. The van der Waals surface area contributed by atoms with E-state index in [4.69, 9.17) is 0 Å². The lowest BCUT2D eigenvalue weighted by atomic mass is 10.8. The summed E-state index contributed by atoms with van der Waals surface area (Å²) in [6, 6.07) is 0. The standard InChI is InChI=1S/C4H3N2/c1-2-6-4-3-5-1/h1-3H/q-1. The fourth-order valence-electron chi connectivity index (χ4n) is 0.225. The van der Waals surface area contributed by atoms with E-state index in [0.717, 1.165) is 0 Å². The third-order valence-electron chi connectivity index (χ3n) is 0.434. The van der Waals surface area contributed by atoms with Crippen LogP contribution < -0.4 is 0 Å². The zero-order valence-corrected chi connectivity index (χ0v) is 3.13. The zero-order chi connectivity index (χ0) is 4.24. The maximum atomic E-state index is 3.67. The first-order chi connectivity index (χ1) is 3.00. The lowest BCUT2D eigenvalue weighted by molar-refractivity contribution is 1.19. The molecule has 0 bridgehead atoms. The quantitative estimate of drug-likeness (QED) is 0.417. The third kappa shape index (κ3) is 0.516. The normalized spacial score (nSPS) is 8.00. The molecular weight excluding hydrogens is 76.1 g/mol. The molecular formula is C4H3N2-. The largest absolute Gasteiger partial charge is 0.456 e. The van der Waals surface area contributed by atoms with Crippen molar-refractivity contribution in [3.63, 3.8) is 0 Å². The summed E-state index contributed by atoms with van der Waals surface area (Å²) < 4.78 is 0. The lowest BCUT2D eigenvalue weighted by Crippen LogP contribution is -1.67. The molecule has 1 aromatic heterocycles. The van der Waals surface area contributed by atoms with Crippen LogP contribution in [0.4, 0.5) is 0 Å². The first-order valence-corrected chi connectivity index (χ1v) is 1.62. The molecule has 0 aliphatic carbocycles. The van der Waals surface area contributed by atoms with Gasteiger partial charge in [-0.05, 0) is 12.4 Å². The Bertz CT molecular complexity index is 77.5. The van der Waals surface area contributed by atoms with Crippen molar-refractivity contribution in [2.75, 3.05) is 0 Å². The first kappa shape index (κ1) is 3.28. The van der Waals surface area contributed by atoms with Gasteiger partial charge in [0.05, 0.1) is 0 Å². The molecule has 2 heteroatoms. The third-order valence-corrected chi connectivity index (χ3v) is 0.434. The summed E-state index contributed by atoms with van der Waals surface area (Å²) in [5, 5.41) is 0. The van der Waals surface area contributed by atoms with Crippen LogP contribution in [0, 0.1) is 6.20 Å². The van der Waals surface area contributed by atoms with Crippen LogP contribution in [0.25, 0.3) is 0 Å². The highest BCUT2D eigenvalue weighted by atomic mass is 14.7. The molecule has 0 unspecified atom stereocenters. The van der Waals surface area contributed by atoms with E-state index in [9.17, 15) is 0 Å². The molecule has 0 saturated carbocycles. The smallest absolute Gasteiger partial charge is 0.0387 e. The molecule has 2 nitrogen and oxygen atoms in total. The minimum Gasteiger partial charge on any atom is -0.456 e. The average molecular weight is 79.1 g/mol. The maximum Gasteiger partial charge on any atom is -0.0387 e. The second-order valence-corrected chi connectivity index (χ2v) is 0.835. The molecule has 0 saturated heterocycles. The Kier molecular flexibility index (Phi) is 0.819. The predicted molar refractivity (Wildman–Crippen MR) is 20.9 cm³/mol. The molecule has 0 fully saturated rings. The molecule has 30 valence electrons. The summed E-state index contributed by atoms with van der Waals surface area (Å²) in [5.74, 6) is 0. The van der Waals surface area contributed by atoms with Crippen LogP contribution in [0.15, 0.2) is 18.6 Å². The van der Waals surface area contributed by atoms with E-state index in [2.05, 4.69) is 16.2 Å². The summed E-state index contributed by atoms with van der Waals surface area (Å²) >= 11 is 0. The van der Waals surface area contributed by atoms with Gasteiger partial charge in [-0.15, -0.1) is 12.4 Å². The highest BCUT2D eigenvalue weighted by molar-refractivity contribution is 4.68. The topological polar surface area (TPSA) is 25.8 Å². The van der Waals surface area contributed by atoms with E-state index in [-0.39, 0.29) is 0 Å². The number of aromatic nitrogens is 2. The molecule has 0 aromatic carbocycles. The average Bonchev–Trinajstić information content (AvgIpc) is 1.72. The van der Waals surface area contributed by atoms with Crippen LogP contribution >= 0.6 is 0 Å². The van der Waals surface area contributed by atoms with Crippen LogP contribution in [-0.2, 0) is 0 Å². The summed E-state index contributed by atoms with van der Waals surface area (Å²) in [7, 11) is 0. The summed E-state index contributed by atoms with van der Waals surface area (Å²) in [5.41, 5.74) is 0. The van der Waals surface area contributed by atoms with Crippen LogP contribution in [0.5, 0.6) is 0 Å². The fourth-order valence-corrected chi connectivity index (χ4v) is 0.225. The second kappa shape index (κ2) is 1.50. The molecule has 0 spiro atoms. The fraction of sp³-hybridized carbons (Fsp3) is 0. The van der Waals surface area contributed by atoms with Crippen molar-refractivity contribution in [1.82, 2.24) is 9.97 Å². The van der Waals surface area contributed by atoms with Crippen molar-refractivity contribution in [3.05, 3.63) is 24.8 Å². The number of hydrogen-bond donors (Lipinski definition) is 0. The Morgan fingerprint density at radius 3 is 2.50 bits per heavy atom. The van der Waals surface area contributed by atoms with Crippen molar-refractivity contribution in [3.8, 4) is 0 Å². The van der Waals surface area contributed by atoms with Crippen molar-refractivity contribution in [1.29, 1.82) is 0 Å². The predicted octanol–water partition coefficient (Wildman–Crippen LogP) is 0.277. The van der Waals surface area contributed by atoms with E-state index in [1.807, 2.05) is 0 Å². The Hall–Kier alpha value is -0.920. The molecule has 1 heterocycles. The Labute approximate surface area is 35.9 Å². The minimum atomic E-state index is 1.51. The lowest BCUT2D eigenvalue weighted by Gasteiger charge is -1.83. The van der Waals surface area contributed by atoms with Crippen LogP contribution in [0.1, 0.15) is 0 Å². The van der Waals surface area contributed by atoms with Crippen LogP contribution in [-0.4, -0.2) is 9.97 Å². The molecule has 0 radical (unpaired) electrons. The number of rotatable bonds is 0. The summed E-state index contributed by atoms with van der Waals surface area (Å²) in [4.78, 5) is 7.26. The minimum absolute atomic E-state index is 1.51. The van der Waals surface area contributed by atoms with Crippen molar-refractivity contribution < 1.29 is 0 Å². The van der Waals surface area contributed by atoms with Crippen LogP contribution in [0.3, 0.4) is 0 Å². The van der Waals surface area contributed by atoms with E-state index < -0.39 is 0 Å². The molecule has 0 atom stereocenters. The van der Waals surface area contributed by atoms with E-state index in [1.54, 1.807) is 12.4 Å². The zero-order valence-electron chi connectivity index (χ0n) is 3.13. The maximum absolute atomic E-state index is 3.67. The molecule has 1 rings (SSSR count). The van der Waals surface area contributed by atoms with Gasteiger partial charge in [-0.1, -0.05) is 0 Å². The Morgan fingerprint density at radius 2 is 2.33 bits per heavy atom. The van der Waals surface area contributed by atoms with E-state index in [0.29, 0.717) is 0 Å². The van der Waals surface area contributed by atoms with Gasteiger partial charge in [0.1, 0.15) is 0 Å². The Balaban J connectivity index is 3.00. The molecule has 0 amide bonds. The second-order valence-electron chi connectivity index (χ2n) is 0.835. The first-order valence-electron chi connectivity index (χ1n) is 1.62. The van der Waals surface area contributed by atoms with Crippen molar-refractivity contribution >= 4 is 0 Å². The van der Waals surface area contributed by atoms with Gasteiger partial charge in [0, 0.05) is 0 Å². The molecule has 0 aliphatic rings. The van der Waals surface area contributed by atoms with Gasteiger partial charge in [-0.3, -0.25) is 0 Å².